The summed E-state index contributed by atoms with van der Waals surface area (Å²) in [5.41, 5.74) is 0.861. The van der Waals surface area contributed by atoms with Gasteiger partial charge in [-0.05, 0) is 12.1 Å². The number of fused-ring (bicyclic) bond motifs is 1. The van der Waals surface area contributed by atoms with Crippen LogP contribution in [0.3, 0.4) is 0 Å². The van der Waals surface area contributed by atoms with Gasteiger partial charge in [0.2, 0.25) is 0 Å². The van der Waals surface area contributed by atoms with Crippen molar-refractivity contribution in [2.24, 2.45) is 0 Å². The molecule has 1 aromatic carbocycles. The number of hydrogen-bond donors (Lipinski definition) is 0. The van der Waals surface area contributed by atoms with Crippen LogP contribution >= 0.6 is 0 Å². The minimum Gasteiger partial charge on any atom is -0.493 e. The molecular formula is C11H10O5. The maximum Gasteiger partial charge on any atom is 0.346 e. The van der Waals surface area contributed by atoms with Crippen molar-refractivity contribution in [3.8, 4) is 11.5 Å². The van der Waals surface area contributed by atoms with E-state index in [4.69, 9.17) is 9.47 Å². The van der Waals surface area contributed by atoms with Crippen LogP contribution in [-0.4, -0.2) is 26.2 Å². The second-order valence-corrected chi connectivity index (χ2v) is 3.27. The highest BCUT2D eigenvalue weighted by molar-refractivity contribution is 6.03. The predicted molar refractivity (Wildman–Crippen MR) is 53.7 cm³/mol. The van der Waals surface area contributed by atoms with Crippen molar-refractivity contribution in [2.45, 2.75) is 6.42 Å². The molecule has 1 heterocycles. The third-order valence-corrected chi connectivity index (χ3v) is 2.40. The highest BCUT2D eigenvalue weighted by atomic mass is 16.6. The van der Waals surface area contributed by atoms with Crippen LogP contribution in [0.25, 0.3) is 0 Å². The lowest BCUT2D eigenvalue weighted by atomic mass is 10.0. The number of methoxy groups -OCH3 is 2. The molecule has 0 aromatic heterocycles. The average molecular weight is 222 g/mol. The van der Waals surface area contributed by atoms with Gasteiger partial charge in [0.15, 0.2) is 11.5 Å². The Morgan fingerprint density at radius 2 is 1.94 bits per heavy atom. The van der Waals surface area contributed by atoms with E-state index in [1.165, 1.54) is 14.2 Å². The summed E-state index contributed by atoms with van der Waals surface area (Å²) in [6, 6.07) is 3.17. The average Bonchev–Trinajstić information content (AvgIpc) is 2.27. The minimum absolute atomic E-state index is 0.0153. The molecule has 0 fully saturated rings. The van der Waals surface area contributed by atoms with E-state index in [0.29, 0.717) is 22.6 Å². The normalized spacial score (nSPS) is 14.1. The number of ether oxygens (including phenoxy) is 3. The number of esters is 2. The van der Waals surface area contributed by atoms with Gasteiger partial charge < -0.3 is 14.2 Å². The standard InChI is InChI=1S/C11H10O5/c1-14-8-4-3-6-7(10(8)15-2)5-9(12)16-11(6)13/h3-4H,5H2,1-2H3. The third kappa shape index (κ3) is 1.50. The molecule has 0 spiro atoms. The third-order valence-electron chi connectivity index (χ3n) is 2.40. The van der Waals surface area contributed by atoms with E-state index in [2.05, 4.69) is 4.74 Å². The summed E-state index contributed by atoms with van der Waals surface area (Å²) in [5.74, 6) is -0.329. The molecule has 84 valence electrons. The summed E-state index contributed by atoms with van der Waals surface area (Å²) in [7, 11) is 2.95. The van der Waals surface area contributed by atoms with Crippen molar-refractivity contribution < 1.29 is 23.8 Å². The molecule has 0 unspecified atom stereocenters. The van der Waals surface area contributed by atoms with Gasteiger partial charge in [0, 0.05) is 5.56 Å². The maximum absolute atomic E-state index is 11.4. The molecule has 0 bridgehead atoms. The van der Waals surface area contributed by atoms with Crippen LogP contribution < -0.4 is 9.47 Å². The first kappa shape index (κ1) is 10.5. The zero-order valence-electron chi connectivity index (χ0n) is 8.90. The molecule has 0 saturated carbocycles. The Morgan fingerprint density at radius 1 is 1.19 bits per heavy atom. The molecule has 0 saturated heterocycles. The Kier molecular flexibility index (Phi) is 2.52. The lowest BCUT2D eigenvalue weighted by Gasteiger charge is -2.18. The van der Waals surface area contributed by atoms with Gasteiger partial charge in [-0.1, -0.05) is 0 Å². The summed E-state index contributed by atoms with van der Waals surface area (Å²) >= 11 is 0. The number of carbonyl (C=O) groups is 2. The molecule has 0 N–H and O–H groups in total. The molecule has 0 radical (unpaired) electrons. The zero-order valence-corrected chi connectivity index (χ0v) is 8.90. The van der Waals surface area contributed by atoms with Crippen molar-refractivity contribution in [3.63, 3.8) is 0 Å². The van der Waals surface area contributed by atoms with Crippen LogP contribution in [0, 0.1) is 0 Å². The van der Waals surface area contributed by atoms with Crippen LogP contribution in [-0.2, 0) is 16.0 Å². The van der Waals surface area contributed by atoms with Gasteiger partial charge >= 0.3 is 11.9 Å². The van der Waals surface area contributed by atoms with Gasteiger partial charge in [-0.25, -0.2) is 4.79 Å². The lowest BCUT2D eigenvalue weighted by molar-refractivity contribution is -0.137. The van der Waals surface area contributed by atoms with Crippen molar-refractivity contribution in [1.29, 1.82) is 0 Å². The number of benzene rings is 1. The fourth-order valence-electron chi connectivity index (χ4n) is 1.70. The van der Waals surface area contributed by atoms with E-state index in [1.807, 2.05) is 0 Å². The summed E-state index contributed by atoms with van der Waals surface area (Å²) < 4.78 is 14.7. The quantitative estimate of drug-likeness (QED) is 0.550. The number of hydrogen-bond acceptors (Lipinski definition) is 5. The van der Waals surface area contributed by atoms with Crippen molar-refractivity contribution in [2.75, 3.05) is 14.2 Å². The fourth-order valence-corrected chi connectivity index (χ4v) is 1.70. The second-order valence-electron chi connectivity index (χ2n) is 3.27. The maximum atomic E-state index is 11.4. The molecule has 16 heavy (non-hydrogen) atoms. The number of rotatable bonds is 2. The van der Waals surface area contributed by atoms with Gasteiger partial charge in [0.05, 0.1) is 26.2 Å². The minimum atomic E-state index is -0.646. The highest BCUT2D eigenvalue weighted by Crippen LogP contribution is 2.35. The van der Waals surface area contributed by atoms with Crippen LogP contribution in [0.15, 0.2) is 12.1 Å². The van der Waals surface area contributed by atoms with E-state index < -0.39 is 11.9 Å². The first-order valence-electron chi connectivity index (χ1n) is 4.66. The molecule has 2 rings (SSSR count). The molecule has 0 atom stereocenters. The van der Waals surface area contributed by atoms with Crippen molar-refractivity contribution >= 4 is 11.9 Å². The Bertz CT molecular complexity index is 464. The Hall–Kier alpha value is -2.04. The van der Waals surface area contributed by atoms with E-state index in [0.717, 1.165) is 0 Å². The summed E-state index contributed by atoms with van der Waals surface area (Å²) in [6.07, 6.45) is 0.0153. The first-order chi connectivity index (χ1) is 7.67. The number of carbonyl (C=O) groups excluding carboxylic acids is 2. The zero-order chi connectivity index (χ0) is 11.7. The van der Waals surface area contributed by atoms with Gasteiger partial charge in [0.25, 0.3) is 0 Å². The van der Waals surface area contributed by atoms with Gasteiger partial charge in [-0.15, -0.1) is 0 Å². The monoisotopic (exact) mass is 222 g/mol. The SMILES string of the molecule is COc1ccc2c(c1OC)CC(=O)OC2=O. The van der Waals surface area contributed by atoms with Crippen LogP contribution in [0.4, 0.5) is 0 Å². The Morgan fingerprint density at radius 3 is 2.56 bits per heavy atom. The van der Waals surface area contributed by atoms with Crippen LogP contribution in [0.2, 0.25) is 0 Å². The summed E-state index contributed by atoms with van der Waals surface area (Å²) in [4.78, 5) is 22.6. The lowest BCUT2D eigenvalue weighted by Crippen LogP contribution is -2.23. The smallest absolute Gasteiger partial charge is 0.346 e. The molecule has 1 aliphatic rings. The Labute approximate surface area is 91.9 Å². The summed E-state index contributed by atoms with van der Waals surface area (Å²) in [5, 5.41) is 0. The molecule has 1 aromatic rings. The molecule has 1 aliphatic heterocycles. The van der Waals surface area contributed by atoms with Crippen LogP contribution in [0.5, 0.6) is 11.5 Å². The predicted octanol–water partition coefficient (Wildman–Crippen LogP) is 0.943. The number of cyclic esters (lactones) is 2. The van der Waals surface area contributed by atoms with Crippen molar-refractivity contribution in [1.82, 2.24) is 0 Å². The van der Waals surface area contributed by atoms with E-state index in [9.17, 15) is 9.59 Å². The topological polar surface area (TPSA) is 61.8 Å². The highest BCUT2D eigenvalue weighted by Gasteiger charge is 2.29. The fraction of sp³-hybridized carbons (Fsp3) is 0.273. The molecule has 5 heteroatoms. The van der Waals surface area contributed by atoms with Crippen LogP contribution in [0.1, 0.15) is 15.9 Å². The largest absolute Gasteiger partial charge is 0.493 e. The van der Waals surface area contributed by atoms with Gasteiger partial charge in [-0.2, -0.15) is 0 Å². The molecular weight excluding hydrogens is 212 g/mol. The van der Waals surface area contributed by atoms with E-state index in [-0.39, 0.29) is 6.42 Å². The van der Waals surface area contributed by atoms with E-state index >= 15 is 0 Å². The first-order valence-corrected chi connectivity index (χ1v) is 4.66. The Balaban J connectivity index is 2.62. The summed E-state index contributed by atoms with van der Waals surface area (Å²) in [6.45, 7) is 0. The van der Waals surface area contributed by atoms with Gasteiger partial charge in [-0.3, -0.25) is 4.79 Å². The molecule has 0 amide bonds. The van der Waals surface area contributed by atoms with Gasteiger partial charge in [0.1, 0.15) is 0 Å². The second kappa shape index (κ2) is 3.84. The molecule has 0 aliphatic carbocycles. The molecule has 5 nitrogen and oxygen atoms in total. The van der Waals surface area contributed by atoms with E-state index in [1.54, 1.807) is 12.1 Å². The van der Waals surface area contributed by atoms with Crippen molar-refractivity contribution in [3.05, 3.63) is 23.3 Å².